The number of hydrogen-bond acceptors (Lipinski definition) is 4. The van der Waals surface area contributed by atoms with Crippen molar-refractivity contribution in [2.45, 2.75) is 27.7 Å². The second-order valence-electron chi connectivity index (χ2n) is 5.94. The third-order valence-corrected chi connectivity index (χ3v) is 5.86. The normalized spacial score (nSPS) is 18.0. The number of piperazine rings is 1. The molecule has 1 aliphatic heterocycles. The SMILES string of the molecule is CCN(CC)CCN(CC(C)C)S(=O)(=O)N1CCNCC1. The molecular formula is C14H32N4O2S. The number of nitrogens with zero attached hydrogens (tertiary/aromatic N) is 3. The van der Waals surface area contributed by atoms with Crippen LogP contribution in [0.5, 0.6) is 0 Å². The van der Waals surface area contributed by atoms with Gasteiger partial charge in [-0.2, -0.15) is 17.0 Å². The highest BCUT2D eigenvalue weighted by Crippen LogP contribution is 2.12. The lowest BCUT2D eigenvalue weighted by atomic mass is 10.2. The summed E-state index contributed by atoms with van der Waals surface area (Å²) in [4.78, 5) is 2.26. The van der Waals surface area contributed by atoms with Crippen LogP contribution in [0.1, 0.15) is 27.7 Å². The molecule has 0 aromatic rings. The molecule has 1 aliphatic rings. The highest BCUT2D eigenvalue weighted by Gasteiger charge is 2.30. The van der Waals surface area contributed by atoms with Crippen LogP contribution >= 0.6 is 0 Å². The third-order valence-electron chi connectivity index (χ3n) is 3.86. The lowest BCUT2D eigenvalue weighted by Crippen LogP contribution is -2.53. The zero-order valence-corrected chi connectivity index (χ0v) is 14.8. The van der Waals surface area contributed by atoms with Crippen molar-refractivity contribution in [3.05, 3.63) is 0 Å². The van der Waals surface area contributed by atoms with Crippen molar-refractivity contribution in [2.24, 2.45) is 5.92 Å². The fraction of sp³-hybridized carbons (Fsp3) is 1.00. The van der Waals surface area contributed by atoms with Crippen LogP contribution in [0, 0.1) is 5.92 Å². The van der Waals surface area contributed by atoms with Gasteiger partial charge in [-0.3, -0.25) is 0 Å². The van der Waals surface area contributed by atoms with Gasteiger partial charge in [0, 0.05) is 45.8 Å². The summed E-state index contributed by atoms with van der Waals surface area (Å²) in [6.07, 6.45) is 0. The summed E-state index contributed by atoms with van der Waals surface area (Å²) in [5, 5.41) is 3.20. The van der Waals surface area contributed by atoms with E-state index in [0.29, 0.717) is 32.1 Å². The van der Waals surface area contributed by atoms with Crippen molar-refractivity contribution in [3.8, 4) is 0 Å². The van der Waals surface area contributed by atoms with Gasteiger partial charge in [-0.15, -0.1) is 0 Å². The molecule has 21 heavy (non-hydrogen) atoms. The Morgan fingerprint density at radius 2 is 1.67 bits per heavy atom. The lowest BCUT2D eigenvalue weighted by molar-refractivity contribution is 0.246. The van der Waals surface area contributed by atoms with Gasteiger partial charge in [-0.25, -0.2) is 0 Å². The zero-order chi connectivity index (χ0) is 15.9. The molecule has 0 aliphatic carbocycles. The first-order valence-corrected chi connectivity index (χ1v) is 9.49. The van der Waals surface area contributed by atoms with Crippen LogP contribution in [0.4, 0.5) is 0 Å². The van der Waals surface area contributed by atoms with Crippen molar-refractivity contribution >= 4 is 10.2 Å². The molecule has 126 valence electrons. The number of rotatable bonds is 9. The Balaban J connectivity index is 2.74. The van der Waals surface area contributed by atoms with E-state index in [1.165, 1.54) is 0 Å². The number of likely N-dealkylation sites (N-methyl/N-ethyl adjacent to an activating group) is 1. The van der Waals surface area contributed by atoms with E-state index in [0.717, 1.165) is 32.7 Å². The minimum absolute atomic E-state index is 0.333. The second kappa shape index (κ2) is 9.05. The minimum atomic E-state index is -3.33. The topological polar surface area (TPSA) is 55.9 Å². The van der Waals surface area contributed by atoms with Gasteiger partial charge in [0.15, 0.2) is 0 Å². The second-order valence-corrected chi connectivity index (χ2v) is 7.86. The van der Waals surface area contributed by atoms with Gasteiger partial charge in [0.05, 0.1) is 0 Å². The number of nitrogens with one attached hydrogen (secondary N) is 1. The first-order chi connectivity index (χ1) is 9.91. The molecule has 1 N–H and O–H groups in total. The minimum Gasteiger partial charge on any atom is -0.314 e. The van der Waals surface area contributed by atoms with Crippen LogP contribution in [0.3, 0.4) is 0 Å². The van der Waals surface area contributed by atoms with Crippen LogP contribution in [0.15, 0.2) is 0 Å². The fourth-order valence-corrected chi connectivity index (χ4v) is 4.31. The molecule has 1 rings (SSSR count). The summed E-state index contributed by atoms with van der Waals surface area (Å²) in [6.45, 7) is 14.9. The van der Waals surface area contributed by atoms with E-state index in [-0.39, 0.29) is 0 Å². The van der Waals surface area contributed by atoms with Crippen molar-refractivity contribution in [2.75, 3.05) is 58.9 Å². The maximum Gasteiger partial charge on any atom is 0.282 e. The summed E-state index contributed by atoms with van der Waals surface area (Å²) < 4.78 is 28.9. The van der Waals surface area contributed by atoms with E-state index >= 15 is 0 Å². The highest BCUT2D eigenvalue weighted by atomic mass is 32.2. The Labute approximate surface area is 130 Å². The molecule has 1 saturated heterocycles. The Morgan fingerprint density at radius 3 is 2.14 bits per heavy atom. The molecule has 1 fully saturated rings. The molecule has 0 amide bonds. The summed E-state index contributed by atoms with van der Waals surface area (Å²) in [6, 6.07) is 0. The number of hydrogen-bond donors (Lipinski definition) is 1. The average Bonchev–Trinajstić information content (AvgIpc) is 2.47. The summed E-state index contributed by atoms with van der Waals surface area (Å²) in [7, 11) is -3.33. The van der Waals surface area contributed by atoms with Crippen molar-refractivity contribution in [1.29, 1.82) is 0 Å². The monoisotopic (exact) mass is 320 g/mol. The van der Waals surface area contributed by atoms with Gasteiger partial charge in [-0.1, -0.05) is 27.7 Å². The fourth-order valence-electron chi connectivity index (χ4n) is 2.54. The Kier molecular flexibility index (Phi) is 8.12. The van der Waals surface area contributed by atoms with Crippen LogP contribution < -0.4 is 5.32 Å². The van der Waals surface area contributed by atoms with Crippen molar-refractivity contribution in [3.63, 3.8) is 0 Å². The van der Waals surface area contributed by atoms with E-state index in [2.05, 4.69) is 37.9 Å². The molecule has 1 heterocycles. The summed E-state index contributed by atoms with van der Waals surface area (Å²) in [5.74, 6) is 0.333. The van der Waals surface area contributed by atoms with E-state index in [4.69, 9.17) is 0 Å². The molecule has 6 nitrogen and oxygen atoms in total. The predicted molar refractivity (Wildman–Crippen MR) is 87.6 cm³/mol. The molecular weight excluding hydrogens is 288 g/mol. The smallest absolute Gasteiger partial charge is 0.282 e. The molecule has 0 bridgehead atoms. The summed E-state index contributed by atoms with van der Waals surface area (Å²) >= 11 is 0. The average molecular weight is 321 g/mol. The molecule has 0 spiro atoms. The Morgan fingerprint density at radius 1 is 1.10 bits per heavy atom. The molecule has 7 heteroatoms. The molecule has 0 atom stereocenters. The van der Waals surface area contributed by atoms with E-state index in [1.807, 2.05) is 0 Å². The Bertz CT molecular complexity index is 376. The third kappa shape index (κ3) is 5.83. The predicted octanol–water partition coefficient (Wildman–Crippen LogP) is 0.436. The maximum absolute atomic E-state index is 12.8. The first-order valence-electron chi connectivity index (χ1n) is 8.10. The van der Waals surface area contributed by atoms with E-state index < -0.39 is 10.2 Å². The quantitative estimate of drug-likeness (QED) is 0.670. The Hall–Kier alpha value is -0.210. The van der Waals surface area contributed by atoms with Crippen LogP contribution in [0.2, 0.25) is 0 Å². The maximum atomic E-state index is 12.8. The largest absolute Gasteiger partial charge is 0.314 e. The van der Waals surface area contributed by atoms with Crippen LogP contribution in [0.25, 0.3) is 0 Å². The molecule has 0 unspecified atom stereocenters. The lowest BCUT2D eigenvalue weighted by Gasteiger charge is -2.34. The van der Waals surface area contributed by atoms with Gasteiger partial charge in [-0.05, 0) is 19.0 Å². The summed E-state index contributed by atoms with van der Waals surface area (Å²) in [5.41, 5.74) is 0. The highest BCUT2D eigenvalue weighted by molar-refractivity contribution is 7.86. The van der Waals surface area contributed by atoms with Crippen molar-refractivity contribution < 1.29 is 8.42 Å². The van der Waals surface area contributed by atoms with Gasteiger partial charge in [0.25, 0.3) is 10.2 Å². The van der Waals surface area contributed by atoms with Gasteiger partial charge in [0.2, 0.25) is 0 Å². The van der Waals surface area contributed by atoms with Crippen molar-refractivity contribution in [1.82, 2.24) is 18.8 Å². The van der Waals surface area contributed by atoms with Gasteiger partial charge >= 0.3 is 0 Å². The molecule has 0 saturated carbocycles. The van der Waals surface area contributed by atoms with E-state index in [9.17, 15) is 8.42 Å². The first kappa shape index (κ1) is 18.8. The zero-order valence-electron chi connectivity index (χ0n) is 14.0. The molecule has 0 radical (unpaired) electrons. The molecule has 0 aromatic carbocycles. The van der Waals surface area contributed by atoms with E-state index in [1.54, 1.807) is 8.61 Å². The van der Waals surface area contributed by atoms with Crippen LogP contribution in [-0.4, -0.2) is 80.8 Å². The van der Waals surface area contributed by atoms with Crippen LogP contribution in [-0.2, 0) is 10.2 Å². The molecule has 0 aromatic heterocycles. The standard InChI is InChI=1S/C14H32N4O2S/c1-5-16(6-2)11-12-18(13-14(3)4)21(19,20)17-9-7-15-8-10-17/h14-15H,5-13H2,1-4H3. The van der Waals surface area contributed by atoms with Gasteiger partial charge < -0.3 is 10.2 Å². The van der Waals surface area contributed by atoms with Gasteiger partial charge in [0.1, 0.15) is 0 Å².